The summed E-state index contributed by atoms with van der Waals surface area (Å²) in [7, 11) is 4.87. The minimum Gasteiger partial charge on any atom is -0.501 e. The Morgan fingerprint density at radius 3 is 2.04 bits per heavy atom. The summed E-state index contributed by atoms with van der Waals surface area (Å²) in [5.74, 6) is 1.22. The zero-order valence-corrected chi connectivity index (χ0v) is 18.6. The topological polar surface area (TPSA) is 44.8 Å². The molecule has 0 radical (unpaired) electrons. The number of methoxy groups -OCH3 is 3. The van der Waals surface area contributed by atoms with Crippen LogP contribution in [0.15, 0.2) is 24.0 Å². The molecular formula is C22H42O4. The highest BCUT2D eigenvalue weighted by molar-refractivity contribution is 5.71. The van der Waals surface area contributed by atoms with Crippen molar-refractivity contribution in [1.82, 2.24) is 0 Å². The van der Waals surface area contributed by atoms with Gasteiger partial charge in [-0.3, -0.25) is 4.79 Å². The smallest absolute Gasteiger partial charge is 0.308 e. The maximum Gasteiger partial charge on any atom is 0.308 e. The van der Waals surface area contributed by atoms with Gasteiger partial charge in [0, 0.05) is 13.0 Å². The molecule has 26 heavy (non-hydrogen) atoms. The van der Waals surface area contributed by atoms with Crippen LogP contribution in [0.2, 0.25) is 0 Å². The molecule has 0 aromatic heterocycles. The third kappa shape index (κ3) is 15.0. The Bertz CT molecular complexity index is 420. The molecule has 0 aromatic carbocycles. The van der Waals surface area contributed by atoms with Crippen molar-refractivity contribution in [1.29, 1.82) is 0 Å². The normalized spacial score (nSPS) is 13.0. The number of hydrogen-bond acceptors (Lipinski definition) is 4. The second-order valence-electron chi connectivity index (χ2n) is 7.71. The van der Waals surface area contributed by atoms with Gasteiger partial charge in [0.25, 0.3) is 0 Å². The molecule has 0 N–H and O–H groups in total. The molecule has 0 aromatic rings. The number of esters is 1. The van der Waals surface area contributed by atoms with Crippen LogP contribution in [0.25, 0.3) is 0 Å². The van der Waals surface area contributed by atoms with Crippen LogP contribution in [0.3, 0.4) is 0 Å². The first-order valence-corrected chi connectivity index (χ1v) is 9.49. The lowest BCUT2D eigenvalue weighted by Gasteiger charge is -2.23. The van der Waals surface area contributed by atoms with E-state index < -0.39 is 0 Å². The average Bonchev–Trinajstić information content (AvgIpc) is 2.60. The quantitative estimate of drug-likeness (QED) is 0.257. The van der Waals surface area contributed by atoms with Gasteiger partial charge < -0.3 is 14.2 Å². The van der Waals surface area contributed by atoms with Crippen LogP contribution in [-0.2, 0) is 19.0 Å². The molecule has 154 valence electrons. The third-order valence-corrected chi connectivity index (χ3v) is 4.54. The average molecular weight is 371 g/mol. The largest absolute Gasteiger partial charge is 0.501 e. The van der Waals surface area contributed by atoms with Crippen LogP contribution < -0.4 is 0 Å². The number of carbonyl (C=O) groups excluding carboxylic acids is 1. The minimum absolute atomic E-state index is 0.00583. The van der Waals surface area contributed by atoms with Crippen LogP contribution in [0.5, 0.6) is 0 Å². The summed E-state index contributed by atoms with van der Waals surface area (Å²) in [5.41, 5.74) is 1.29. The Morgan fingerprint density at radius 2 is 1.62 bits per heavy atom. The molecule has 4 nitrogen and oxygen atoms in total. The monoisotopic (exact) mass is 370 g/mol. The SMILES string of the molecule is C=C(OC)C(C)CCCC(C)(C)OC.COC(=O)C(C)CCC=C(C)C. The molecule has 0 saturated carbocycles. The van der Waals surface area contributed by atoms with E-state index in [1.165, 1.54) is 12.7 Å². The Kier molecular flexibility index (Phi) is 15.4. The molecule has 0 aliphatic rings. The van der Waals surface area contributed by atoms with Crippen molar-refractivity contribution in [2.24, 2.45) is 11.8 Å². The zero-order valence-electron chi connectivity index (χ0n) is 18.6. The molecule has 0 amide bonds. The van der Waals surface area contributed by atoms with Gasteiger partial charge in [-0.2, -0.15) is 0 Å². The van der Waals surface area contributed by atoms with Gasteiger partial charge in [-0.25, -0.2) is 0 Å². The molecule has 2 unspecified atom stereocenters. The van der Waals surface area contributed by atoms with Gasteiger partial charge >= 0.3 is 5.97 Å². The van der Waals surface area contributed by atoms with Gasteiger partial charge in [0.05, 0.1) is 31.5 Å². The number of carbonyl (C=O) groups is 1. The first kappa shape index (κ1) is 26.9. The fourth-order valence-corrected chi connectivity index (χ4v) is 2.24. The third-order valence-electron chi connectivity index (χ3n) is 4.54. The Balaban J connectivity index is 0. The predicted octanol–water partition coefficient (Wildman–Crippen LogP) is 5.92. The number of hydrogen-bond donors (Lipinski definition) is 0. The number of rotatable bonds is 11. The van der Waals surface area contributed by atoms with E-state index in [-0.39, 0.29) is 17.5 Å². The Labute approximate surface area is 162 Å². The standard InChI is InChI=1S/C12H24O2.C10H18O2/c1-10(11(2)13-5)8-7-9-12(3,4)14-6;1-8(2)6-5-7-9(3)10(11)12-4/h10H,2,7-9H2,1,3-6H3;6,9H,5,7H2,1-4H3. The van der Waals surface area contributed by atoms with Crippen LogP contribution >= 0.6 is 0 Å². The summed E-state index contributed by atoms with van der Waals surface area (Å²) >= 11 is 0. The van der Waals surface area contributed by atoms with Crippen molar-refractivity contribution in [3.63, 3.8) is 0 Å². The zero-order chi connectivity index (χ0) is 20.8. The number of allylic oxidation sites excluding steroid dienone is 3. The summed E-state index contributed by atoms with van der Waals surface area (Å²) in [6, 6.07) is 0. The van der Waals surface area contributed by atoms with E-state index in [9.17, 15) is 4.79 Å². The molecule has 4 heteroatoms. The first-order valence-electron chi connectivity index (χ1n) is 9.49. The van der Waals surface area contributed by atoms with Gasteiger partial charge in [0.15, 0.2) is 0 Å². The molecule has 0 rings (SSSR count). The van der Waals surface area contributed by atoms with Crippen molar-refractivity contribution in [2.75, 3.05) is 21.3 Å². The molecule has 0 bridgehead atoms. The molecule has 0 aliphatic heterocycles. The van der Waals surface area contributed by atoms with Gasteiger partial charge in [0.2, 0.25) is 0 Å². The molecule has 0 spiro atoms. The second kappa shape index (κ2) is 14.8. The van der Waals surface area contributed by atoms with E-state index in [1.54, 1.807) is 14.2 Å². The first-order chi connectivity index (χ1) is 12.0. The molecule has 0 heterocycles. The van der Waals surface area contributed by atoms with E-state index in [4.69, 9.17) is 9.47 Å². The summed E-state index contributed by atoms with van der Waals surface area (Å²) < 4.78 is 15.1. The Morgan fingerprint density at radius 1 is 1.04 bits per heavy atom. The van der Waals surface area contributed by atoms with E-state index >= 15 is 0 Å². The molecule has 0 aliphatic carbocycles. The van der Waals surface area contributed by atoms with Crippen LogP contribution in [0.4, 0.5) is 0 Å². The molecule has 2 atom stereocenters. The second-order valence-corrected chi connectivity index (χ2v) is 7.71. The van der Waals surface area contributed by atoms with Crippen molar-refractivity contribution in [3.8, 4) is 0 Å². The van der Waals surface area contributed by atoms with Crippen LogP contribution in [-0.4, -0.2) is 32.9 Å². The van der Waals surface area contributed by atoms with E-state index in [0.717, 1.165) is 37.9 Å². The van der Waals surface area contributed by atoms with Crippen LogP contribution in [0.1, 0.15) is 73.6 Å². The summed E-state index contributed by atoms with van der Waals surface area (Å²) in [6.45, 7) is 16.2. The predicted molar refractivity (Wildman–Crippen MR) is 110 cm³/mol. The fraction of sp³-hybridized carbons (Fsp3) is 0.773. The number of ether oxygens (including phenoxy) is 3. The van der Waals surface area contributed by atoms with Crippen LogP contribution in [0, 0.1) is 11.8 Å². The van der Waals surface area contributed by atoms with Gasteiger partial charge in [-0.05, 0) is 59.8 Å². The molecule has 0 saturated heterocycles. The minimum atomic E-state index is -0.114. The van der Waals surface area contributed by atoms with Gasteiger partial charge in [-0.1, -0.05) is 32.1 Å². The summed E-state index contributed by atoms with van der Waals surface area (Å²) in [5, 5.41) is 0. The highest BCUT2D eigenvalue weighted by Gasteiger charge is 2.16. The van der Waals surface area contributed by atoms with Crippen molar-refractivity contribution >= 4 is 5.97 Å². The molecular weight excluding hydrogens is 328 g/mol. The fourth-order valence-electron chi connectivity index (χ4n) is 2.24. The lowest BCUT2D eigenvalue weighted by atomic mass is 9.96. The summed E-state index contributed by atoms with van der Waals surface area (Å²) in [4.78, 5) is 10.9. The highest BCUT2D eigenvalue weighted by Crippen LogP contribution is 2.21. The summed E-state index contributed by atoms with van der Waals surface area (Å²) in [6.07, 6.45) is 7.30. The van der Waals surface area contributed by atoms with Gasteiger partial charge in [-0.15, -0.1) is 0 Å². The van der Waals surface area contributed by atoms with Crippen molar-refractivity contribution in [2.45, 2.75) is 79.2 Å². The highest BCUT2D eigenvalue weighted by atomic mass is 16.5. The Hall–Kier alpha value is -1.29. The van der Waals surface area contributed by atoms with Crippen molar-refractivity contribution < 1.29 is 19.0 Å². The maximum absolute atomic E-state index is 10.9. The van der Waals surface area contributed by atoms with E-state index in [0.29, 0.717) is 5.92 Å². The van der Waals surface area contributed by atoms with E-state index in [1.807, 2.05) is 6.92 Å². The maximum atomic E-state index is 10.9. The lowest BCUT2D eigenvalue weighted by molar-refractivity contribution is -0.145. The van der Waals surface area contributed by atoms with Gasteiger partial charge in [0.1, 0.15) is 0 Å². The lowest BCUT2D eigenvalue weighted by Crippen LogP contribution is -2.22. The molecule has 0 fully saturated rings. The van der Waals surface area contributed by atoms with Crippen molar-refractivity contribution in [3.05, 3.63) is 24.0 Å². The van der Waals surface area contributed by atoms with E-state index in [2.05, 4.69) is 52.0 Å².